The molecule has 1 unspecified atom stereocenters. The molecule has 1 aromatic rings. The Bertz CT molecular complexity index is 373. The predicted octanol–water partition coefficient (Wildman–Crippen LogP) is 4.43. The summed E-state index contributed by atoms with van der Waals surface area (Å²) in [5.74, 6) is 0. The SMILES string of the molecule is CCCCc1ccc2c(c1)NCC(CCCC)N2. The van der Waals surface area contributed by atoms with Crippen molar-refractivity contribution < 1.29 is 0 Å². The molecule has 0 bridgehead atoms. The number of benzene rings is 1. The van der Waals surface area contributed by atoms with Crippen molar-refractivity contribution in [2.45, 2.75) is 58.4 Å². The molecular formula is C16H26N2. The Kier molecular flexibility index (Phi) is 4.91. The van der Waals surface area contributed by atoms with E-state index in [0.717, 1.165) is 6.54 Å². The molecule has 18 heavy (non-hydrogen) atoms. The highest BCUT2D eigenvalue weighted by atomic mass is 15.1. The molecule has 0 aliphatic carbocycles. The van der Waals surface area contributed by atoms with Crippen molar-refractivity contribution in [3.05, 3.63) is 23.8 Å². The second-order valence-electron chi connectivity index (χ2n) is 5.35. The van der Waals surface area contributed by atoms with Gasteiger partial charge in [-0.25, -0.2) is 0 Å². The lowest BCUT2D eigenvalue weighted by molar-refractivity contribution is 0.619. The second-order valence-corrected chi connectivity index (χ2v) is 5.35. The highest BCUT2D eigenvalue weighted by Crippen LogP contribution is 2.28. The van der Waals surface area contributed by atoms with Crippen LogP contribution in [-0.4, -0.2) is 12.6 Å². The summed E-state index contributed by atoms with van der Waals surface area (Å²) < 4.78 is 0. The Morgan fingerprint density at radius 3 is 2.72 bits per heavy atom. The summed E-state index contributed by atoms with van der Waals surface area (Å²) in [4.78, 5) is 0. The molecule has 1 aromatic carbocycles. The maximum atomic E-state index is 3.65. The molecule has 0 amide bonds. The maximum absolute atomic E-state index is 3.65. The zero-order valence-electron chi connectivity index (χ0n) is 11.8. The molecule has 2 rings (SSSR count). The Morgan fingerprint density at radius 1 is 1.11 bits per heavy atom. The van der Waals surface area contributed by atoms with Crippen molar-refractivity contribution in [1.29, 1.82) is 0 Å². The van der Waals surface area contributed by atoms with Gasteiger partial charge in [-0.05, 0) is 37.0 Å². The first-order chi connectivity index (χ1) is 8.83. The van der Waals surface area contributed by atoms with Crippen LogP contribution >= 0.6 is 0 Å². The molecular weight excluding hydrogens is 220 g/mol. The van der Waals surface area contributed by atoms with Crippen LogP contribution in [-0.2, 0) is 6.42 Å². The van der Waals surface area contributed by atoms with Gasteiger partial charge in [-0.15, -0.1) is 0 Å². The third kappa shape index (κ3) is 3.41. The number of hydrogen-bond acceptors (Lipinski definition) is 2. The highest BCUT2D eigenvalue weighted by molar-refractivity contribution is 5.72. The predicted molar refractivity (Wildman–Crippen MR) is 80.5 cm³/mol. The number of nitrogens with one attached hydrogen (secondary N) is 2. The van der Waals surface area contributed by atoms with Crippen molar-refractivity contribution in [1.82, 2.24) is 0 Å². The van der Waals surface area contributed by atoms with Crippen LogP contribution in [0.1, 0.15) is 51.5 Å². The molecule has 1 heterocycles. The van der Waals surface area contributed by atoms with E-state index in [4.69, 9.17) is 0 Å². The van der Waals surface area contributed by atoms with Gasteiger partial charge in [0, 0.05) is 12.6 Å². The van der Waals surface area contributed by atoms with Crippen LogP contribution < -0.4 is 10.6 Å². The van der Waals surface area contributed by atoms with Crippen LogP contribution in [0.5, 0.6) is 0 Å². The number of fused-ring (bicyclic) bond motifs is 1. The first kappa shape index (κ1) is 13.3. The van der Waals surface area contributed by atoms with Crippen molar-refractivity contribution in [2.75, 3.05) is 17.2 Å². The zero-order chi connectivity index (χ0) is 12.8. The Hall–Kier alpha value is -1.18. The van der Waals surface area contributed by atoms with Crippen LogP contribution in [0.25, 0.3) is 0 Å². The molecule has 0 radical (unpaired) electrons. The normalized spacial score (nSPS) is 17.8. The monoisotopic (exact) mass is 246 g/mol. The van der Waals surface area contributed by atoms with Gasteiger partial charge in [0.1, 0.15) is 0 Å². The first-order valence-electron chi connectivity index (χ1n) is 7.46. The number of unbranched alkanes of at least 4 members (excludes halogenated alkanes) is 2. The fourth-order valence-corrected chi connectivity index (χ4v) is 2.53. The topological polar surface area (TPSA) is 24.1 Å². The third-order valence-electron chi connectivity index (χ3n) is 3.71. The Morgan fingerprint density at radius 2 is 1.94 bits per heavy atom. The molecule has 1 atom stereocenters. The summed E-state index contributed by atoms with van der Waals surface area (Å²) in [7, 11) is 0. The number of rotatable bonds is 6. The quantitative estimate of drug-likeness (QED) is 0.776. The summed E-state index contributed by atoms with van der Waals surface area (Å²) >= 11 is 0. The van der Waals surface area contributed by atoms with Crippen LogP contribution in [0, 0.1) is 0 Å². The van der Waals surface area contributed by atoms with Crippen molar-refractivity contribution >= 4 is 11.4 Å². The molecule has 0 saturated heterocycles. The molecule has 0 saturated carbocycles. The van der Waals surface area contributed by atoms with Gasteiger partial charge < -0.3 is 10.6 Å². The Balaban J connectivity index is 1.97. The average molecular weight is 246 g/mol. The lowest BCUT2D eigenvalue weighted by Gasteiger charge is -2.28. The summed E-state index contributed by atoms with van der Waals surface area (Å²) in [6.45, 7) is 5.56. The van der Waals surface area contributed by atoms with E-state index in [1.54, 1.807) is 0 Å². The van der Waals surface area contributed by atoms with Gasteiger partial charge in [0.25, 0.3) is 0 Å². The van der Waals surface area contributed by atoms with Crippen LogP contribution in [0.2, 0.25) is 0 Å². The van der Waals surface area contributed by atoms with Crippen molar-refractivity contribution in [3.63, 3.8) is 0 Å². The lowest BCUT2D eigenvalue weighted by Crippen LogP contribution is -2.32. The van der Waals surface area contributed by atoms with E-state index in [9.17, 15) is 0 Å². The molecule has 100 valence electrons. The van der Waals surface area contributed by atoms with E-state index in [0.29, 0.717) is 6.04 Å². The smallest absolute Gasteiger partial charge is 0.0579 e. The molecule has 2 heteroatoms. The van der Waals surface area contributed by atoms with E-state index >= 15 is 0 Å². The fourth-order valence-electron chi connectivity index (χ4n) is 2.53. The minimum Gasteiger partial charge on any atom is -0.381 e. The lowest BCUT2D eigenvalue weighted by atomic mass is 10.0. The summed E-state index contributed by atoms with van der Waals surface area (Å²) in [5.41, 5.74) is 4.02. The number of aryl methyl sites for hydroxylation is 1. The average Bonchev–Trinajstić information content (AvgIpc) is 2.42. The third-order valence-corrected chi connectivity index (χ3v) is 3.71. The van der Waals surface area contributed by atoms with E-state index in [1.165, 1.54) is 55.5 Å². The van der Waals surface area contributed by atoms with E-state index in [2.05, 4.69) is 42.7 Å². The van der Waals surface area contributed by atoms with Gasteiger partial charge >= 0.3 is 0 Å². The summed E-state index contributed by atoms with van der Waals surface area (Å²) in [5, 5.41) is 7.23. The Labute approximate surface area is 111 Å². The van der Waals surface area contributed by atoms with Crippen molar-refractivity contribution in [2.24, 2.45) is 0 Å². The van der Waals surface area contributed by atoms with E-state index in [-0.39, 0.29) is 0 Å². The maximum Gasteiger partial charge on any atom is 0.0579 e. The summed E-state index contributed by atoms with van der Waals surface area (Å²) in [6, 6.07) is 7.42. The highest BCUT2D eigenvalue weighted by Gasteiger charge is 2.16. The zero-order valence-corrected chi connectivity index (χ0v) is 11.8. The van der Waals surface area contributed by atoms with Gasteiger partial charge in [-0.1, -0.05) is 39.2 Å². The fraction of sp³-hybridized carbons (Fsp3) is 0.625. The van der Waals surface area contributed by atoms with Gasteiger partial charge in [-0.2, -0.15) is 0 Å². The number of hydrogen-bond donors (Lipinski definition) is 2. The van der Waals surface area contributed by atoms with Crippen LogP contribution in [0.3, 0.4) is 0 Å². The van der Waals surface area contributed by atoms with Gasteiger partial charge in [-0.3, -0.25) is 0 Å². The molecule has 1 aliphatic heterocycles. The molecule has 2 N–H and O–H groups in total. The van der Waals surface area contributed by atoms with Crippen LogP contribution in [0.4, 0.5) is 11.4 Å². The number of anilines is 2. The molecule has 1 aliphatic rings. The first-order valence-corrected chi connectivity index (χ1v) is 7.46. The second kappa shape index (κ2) is 6.67. The largest absolute Gasteiger partial charge is 0.381 e. The molecule has 0 aromatic heterocycles. The molecule has 0 fully saturated rings. The molecule has 0 spiro atoms. The minimum atomic E-state index is 0.596. The summed E-state index contributed by atoms with van der Waals surface area (Å²) in [6.07, 6.45) is 7.60. The van der Waals surface area contributed by atoms with Gasteiger partial charge in [0.15, 0.2) is 0 Å². The van der Waals surface area contributed by atoms with Crippen molar-refractivity contribution in [3.8, 4) is 0 Å². The van der Waals surface area contributed by atoms with E-state index in [1.807, 2.05) is 0 Å². The van der Waals surface area contributed by atoms with Crippen LogP contribution in [0.15, 0.2) is 18.2 Å². The van der Waals surface area contributed by atoms with E-state index < -0.39 is 0 Å². The standard InChI is InChI=1S/C16H26N2/c1-3-5-7-13-9-10-15-16(11-13)17-12-14(18-15)8-6-4-2/h9-11,14,17-18H,3-8,12H2,1-2H3. The van der Waals surface area contributed by atoms with Gasteiger partial charge in [0.05, 0.1) is 11.4 Å². The minimum absolute atomic E-state index is 0.596. The molecule has 2 nitrogen and oxygen atoms in total. The van der Waals surface area contributed by atoms with Gasteiger partial charge in [0.2, 0.25) is 0 Å².